The predicted molar refractivity (Wildman–Crippen MR) is 55.3 cm³/mol. The van der Waals surface area contributed by atoms with Crippen LogP contribution < -0.4 is 0 Å². The zero-order valence-electron chi connectivity index (χ0n) is 9.29. The van der Waals surface area contributed by atoms with Gasteiger partial charge in [-0.3, -0.25) is 0 Å². The summed E-state index contributed by atoms with van der Waals surface area (Å²) in [7, 11) is 1.63. The minimum Gasteiger partial charge on any atom is -0.387 e. The van der Waals surface area contributed by atoms with E-state index in [0.29, 0.717) is 12.7 Å². The second-order valence-electron chi connectivity index (χ2n) is 4.18. The first-order chi connectivity index (χ1) is 6.70. The molecule has 84 valence electrons. The van der Waals surface area contributed by atoms with Gasteiger partial charge in [-0.25, -0.2) is 0 Å². The Morgan fingerprint density at radius 1 is 1.57 bits per heavy atom. The molecular weight excluding hydrogens is 180 g/mol. The molecule has 14 heavy (non-hydrogen) atoms. The Morgan fingerprint density at radius 3 is 2.86 bits per heavy atom. The fourth-order valence-corrected chi connectivity index (χ4v) is 1.92. The highest BCUT2D eigenvalue weighted by Gasteiger charge is 2.27. The molecule has 1 rings (SSSR count). The van der Waals surface area contributed by atoms with Crippen LogP contribution in [0.4, 0.5) is 0 Å². The lowest BCUT2D eigenvalue weighted by Gasteiger charge is -2.26. The smallest absolute Gasteiger partial charge is 0.0878 e. The molecule has 0 aliphatic carbocycles. The summed E-state index contributed by atoms with van der Waals surface area (Å²) in [5, 5.41) is 10.1. The van der Waals surface area contributed by atoms with Crippen LogP contribution in [0, 0.1) is 0 Å². The van der Waals surface area contributed by atoms with E-state index < -0.39 is 5.60 Å². The van der Waals surface area contributed by atoms with Crippen LogP contribution in [0.2, 0.25) is 0 Å². The highest BCUT2D eigenvalue weighted by atomic mass is 16.5. The summed E-state index contributed by atoms with van der Waals surface area (Å²) < 4.78 is 10.5. The molecule has 0 bridgehead atoms. The molecule has 0 saturated carbocycles. The lowest BCUT2D eigenvalue weighted by molar-refractivity contribution is -0.0488. The van der Waals surface area contributed by atoms with E-state index in [1.807, 2.05) is 6.92 Å². The average Bonchev–Trinajstić information content (AvgIpc) is 2.68. The second-order valence-corrected chi connectivity index (χ2v) is 4.18. The van der Waals surface area contributed by atoms with Crippen LogP contribution in [-0.4, -0.2) is 37.1 Å². The molecule has 1 aliphatic heterocycles. The van der Waals surface area contributed by atoms with E-state index in [0.717, 1.165) is 32.3 Å². The highest BCUT2D eigenvalue weighted by molar-refractivity contribution is 4.79. The Hall–Kier alpha value is -0.120. The van der Waals surface area contributed by atoms with Crippen molar-refractivity contribution in [3.05, 3.63) is 0 Å². The highest BCUT2D eigenvalue weighted by Crippen LogP contribution is 2.23. The molecule has 1 saturated heterocycles. The minimum absolute atomic E-state index is 0.366. The maximum Gasteiger partial charge on any atom is 0.0878 e. The summed E-state index contributed by atoms with van der Waals surface area (Å²) >= 11 is 0. The molecule has 3 heteroatoms. The molecule has 3 nitrogen and oxygen atoms in total. The topological polar surface area (TPSA) is 38.7 Å². The summed E-state index contributed by atoms with van der Waals surface area (Å²) in [6.07, 6.45) is 5.15. The van der Waals surface area contributed by atoms with Crippen LogP contribution in [0.1, 0.15) is 39.0 Å². The number of methoxy groups -OCH3 is 1. The third kappa shape index (κ3) is 3.56. The van der Waals surface area contributed by atoms with Gasteiger partial charge in [0.05, 0.1) is 18.3 Å². The lowest BCUT2D eigenvalue weighted by atomic mass is 9.93. The van der Waals surface area contributed by atoms with Crippen molar-refractivity contribution in [1.82, 2.24) is 0 Å². The van der Waals surface area contributed by atoms with Crippen molar-refractivity contribution in [3.8, 4) is 0 Å². The van der Waals surface area contributed by atoms with Crippen LogP contribution in [0.15, 0.2) is 0 Å². The van der Waals surface area contributed by atoms with Crippen LogP contribution in [0.3, 0.4) is 0 Å². The molecule has 0 spiro atoms. The van der Waals surface area contributed by atoms with Gasteiger partial charge in [0, 0.05) is 13.7 Å². The monoisotopic (exact) mass is 202 g/mol. The zero-order chi connectivity index (χ0) is 10.4. The molecule has 1 aliphatic rings. The van der Waals surface area contributed by atoms with Crippen LogP contribution in [-0.2, 0) is 9.47 Å². The fraction of sp³-hybridized carbons (Fsp3) is 1.00. The van der Waals surface area contributed by atoms with Gasteiger partial charge < -0.3 is 14.6 Å². The van der Waals surface area contributed by atoms with E-state index in [2.05, 4.69) is 0 Å². The van der Waals surface area contributed by atoms with Gasteiger partial charge in [0.25, 0.3) is 0 Å². The third-order valence-corrected chi connectivity index (χ3v) is 3.03. The summed E-state index contributed by atoms with van der Waals surface area (Å²) in [5.74, 6) is 0. The van der Waals surface area contributed by atoms with Gasteiger partial charge in [-0.1, -0.05) is 6.92 Å². The first-order valence-corrected chi connectivity index (χ1v) is 5.53. The molecule has 0 radical (unpaired) electrons. The number of hydrogen-bond donors (Lipinski definition) is 1. The first kappa shape index (κ1) is 12.0. The first-order valence-electron chi connectivity index (χ1n) is 5.53. The van der Waals surface area contributed by atoms with E-state index in [1.54, 1.807) is 7.11 Å². The van der Waals surface area contributed by atoms with Crippen LogP contribution in [0.5, 0.6) is 0 Å². The van der Waals surface area contributed by atoms with Gasteiger partial charge in [0.1, 0.15) is 0 Å². The summed E-state index contributed by atoms with van der Waals surface area (Å²) in [5.41, 5.74) is -0.652. The second kappa shape index (κ2) is 5.69. The van der Waals surface area contributed by atoms with E-state index in [-0.39, 0.29) is 0 Å². The summed E-state index contributed by atoms with van der Waals surface area (Å²) in [6.45, 7) is 3.31. The van der Waals surface area contributed by atoms with E-state index in [4.69, 9.17) is 9.47 Å². The molecule has 1 N–H and O–H groups in total. The normalized spacial score (nSPS) is 26.4. The van der Waals surface area contributed by atoms with E-state index >= 15 is 0 Å². The molecule has 2 atom stereocenters. The van der Waals surface area contributed by atoms with Gasteiger partial charge in [0.2, 0.25) is 0 Å². The number of aliphatic hydroxyl groups is 1. The Morgan fingerprint density at radius 2 is 2.36 bits per heavy atom. The minimum atomic E-state index is -0.652. The maximum atomic E-state index is 10.1. The van der Waals surface area contributed by atoms with Gasteiger partial charge >= 0.3 is 0 Å². The Bertz CT molecular complexity index is 155. The Labute approximate surface area is 86.4 Å². The van der Waals surface area contributed by atoms with Crippen molar-refractivity contribution in [3.63, 3.8) is 0 Å². The molecule has 0 aromatic heterocycles. The van der Waals surface area contributed by atoms with Crippen molar-refractivity contribution in [2.45, 2.75) is 50.7 Å². The Kier molecular flexibility index (Phi) is 4.85. The summed E-state index contributed by atoms with van der Waals surface area (Å²) in [6, 6.07) is 0. The molecule has 0 amide bonds. The number of hydrogen-bond acceptors (Lipinski definition) is 3. The van der Waals surface area contributed by atoms with Gasteiger partial charge in [0.15, 0.2) is 0 Å². The maximum absolute atomic E-state index is 10.1. The standard InChI is InChI=1S/C11H22O3/c1-3-11(12,9-13-2)7-6-10-5-4-8-14-10/h10,12H,3-9H2,1-2H3. The van der Waals surface area contributed by atoms with Crippen molar-refractivity contribution >= 4 is 0 Å². The lowest BCUT2D eigenvalue weighted by Crippen LogP contribution is -2.34. The fourth-order valence-electron chi connectivity index (χ4n) is 1.92. The molecule has 0 aromatic rings. The number of rotatable bonds is 6. The van der Waals surface area contributed by atoms with Crippen molar-refractivity contribution in [2.75, 3.05) is 20.3 Å². The molecule has 1 heterocycles. The average molecular weight is 202 g/mol. The SMILES string of the molecule is CCC(O)(CCC1CCCO1)COC. The molecule has 2 unspecified atom stereocenters. The van der Waals surface area contributed by atoms with Gasteiger partial charge in [-0.05, 0) is 32.1 Å². The number of ether oxygens (including phenoxy) is 2. The van der Waals surface area contributed by atoms with Gasteiger partial charge in [-0.15, -0.1) is 0 Å². The largest absolute Gasteiger partial charge is 0.387 e. The van der Waals surface area contributed by atoms with E-state index in [9.17, 15) is 5.11 Å². The molecule has 1 fully saturated rings. The van der Waals surface area contributed by atoms with Crippen LogP contribution in [0.25, 0.3) is 0 Å². The van der Waals surface area contributed by atoms with Crippen LogP contribution >= 0.6 is 0 Å². The van der Waals surface area contributed by atoms with Gasteiger partial charge in [-0.2, -0.15) is 0 Å². The van der Waals surface area contributed by atoms with Crippen molar-refractivity contribution in [2.24, 2.45) is 0 Å². The summed E-state index contributed by atoms with van der Waals surface area (Å²) in [4.78, 5) is 0. The Balaban J connectivity index is 2.25. The van der Waals surface area contributed by atoms with Crippen molar-refractivity contribution in [1.29, 1.82) is 0 Å². The molecule has 0 aromatic carbocycles. The quantitative estimate of drug-likeness (QED) is 0.713. The zero-order valence-corrected chi connectivity index (χ0v) is 9.29. The van der Waals surface area contributed by atoms with E-state index in [1.165, 1.54) is 6.42 Å². The molecular formula is C11H22O3. The third-order valence-electron chi connectivity index (χ3n) is 3.03. The predicted octanol–water partition coefficient (Wildman–Crippen LogP) is 1.73. The van der Waals surface area contributed by atoms with Crippen molar-refractivity contribution < 1.29 is 14.6 Å².